The average molecular weight is 447 g/mol. The van der Waals surface area contributed by atoms with Crippen LogP contribution >= 0.6 is 0 Å². The second-order valence-corrected chi connectivity index (χ2v) is 10.2. The van der Waals surface area contributed by atoms with Gasteiger partial charge in [-0.2, -0.15) is 0 Å². The van der Waals surface area contributed by atoms with Gasteiger partial charge in [-0.15, -0.1) is 0 Å². The Balaban J connectivity index is 1.44. The van der Waals surface area contributed by atoms with Gasteiger partial charge in [0.25, 0.3) is 15.9 Å². The Morgan fingerprint density at radius 3 is 2.31 bits per heavy atom. The molecular weight excluding hydrogens is 420 g/mol. The molecule has 0 spiro atoms. The Labute approximate surface area is 189 Å². The molecule has 5 nitrogen and oxygen atoms in total. The molecule has 1 heterocycles. The molecule has 1 amide bonds. The lowest BCUT2D eigenvalue weighted by atomic mass is 9.92. The highest BCUT2D eigenvalue weighted by atomic mass is 32.2. The number of amides is 1. The van der Waals surface area contributed by atoms with Crippen LogP contribution in [0.2, 0.25) is 0 Å². The predicted octanol–water partition coefficient (Wildman–Crippen LogP) is 4.96. The minimum absolute atomic E-state index is 0.0683. The van der Waals surface area contributed by atoms with Crippen molar-refractivity contribution < 1.29 is 13.2 Å². The maximum Gasteiger partial charge on any atom is 0.261 e. The molecule has 0 unspecified atom stereocenters. The van der Waals surface area contributed by atoms with Crippen molar-refractivity contribution in [2.75, 3.05) is 16.2 Å². The van der Waals surface area contributed by atoms with Crippen LogP contribution < -0.4 is 9.62 Å². The first kappa shape index (κ1) is 20.8. The molecule has 6 heteroatoms. The highest BCUT2D eigenvalue weighted by Gasteiger charge is 2.25. The lowest BCUT2D eigenvalue weighted by Gasteiger charge is -2.30. The molecule has 1 aliphatic heterocycles. The third kappa shape index (κ3) is 4.02. The monoisotopic (exact) mass is 446 g/mol. The maximum atomic E-state index is 13.1. The van der Waals surface area contributed by atoms with Crippen LogP contribution in [0.4, 0.5) is 11.4 Å². The number of nitrogens with one attached hydrogen (secondary N) is 1. The number of rotatable bonds is 4. The summed E-state index contributed by atoms with van der Waals surface area (Å²) < 4.78 is 28.9. The highest BCUT2D eigenvalue weighted by Crippen LogP contribution is 2.32. The van der Waals surface area contributed by atoms with Crippen LogP contribution in [-0.4, -0.2) is 20.9 Å². The van der Waals surface area contributed by atoms with E-state index in [0.717, 1.165) is 55.3 Å². The topological polar surface area (TPSA) is 66.5 Å². The number of fused-ring (bicyclic) bond motifs is 2. The zero-order chi connectivity index (χ0) is 22.1. The molecule has 1 N–H and O–H groups in total. The van der Waals surface area contributed by atoms with Gasteiger partial charge in [0.2, 0.25) is 0 Å². The molecule has 3 aromatic carbocycles. The van der Waals surface area contributed by atoms with E-state index in [1.54, 1.807) is 41.3 Å². The lowest BCUT2D eigenvalue weighted by molar-refractivity contribution is 0.0985. The maximum absolute atomic E-state index is 13.1. The van der Waals surface area contributed by atoms with E-state index in [1.807, 2.05) is 30.3 Å². The van der Waals surface area contributed by atoms with Crippen LogP contribution in [0.15, 0.2) is 71.6 Å². The van der Waals surface area contributed by atoms with Crippen molar-refractivity contribution in [3.8, 4) is 0 Å². The largest absolute Gasteiger partial charge is 0.308 e. The van der Waals surface area contributed by atoms with E-state index >= 15 is 0 Å². The van der Waals surface area contributed by atoms with Crippen molar-refractivity contribution in [1.29, 1.82) is 0 Å². The van der Waals surface area contributed by atoms with Gasteiger partial charge in [0, 0.05) is 17.8 Å². The third-order valence-corrected chi connectivity index (χ3v) is 7.73. The van der Waals surface area contributed by atoms with Crippen LogP contribution in [0.3, 0.4) is 0 Å². The first-order chi connectivity index (χ1) is 15.5. The molecule has 0 bridgehead atoms. The molecule has 0 radical (unpaired) electrons. The summed E-state index contributed by atoms with van der Waals surface area (Å²) in [6.45, 7) is 0.613. The molecule has 2 aliphatic rings. The Kier molecular flexibility index (Phi) is 5.47. The fourth-order valence-electron chi connectivity index (χ4n) is 4.68. The summed E-state index contributed by atoms with van der Waals surface area (Å²) in [6, 6.07) is 20.1. The summed E-state index contributed by atoms with van der Waals surface area (Å²) in [4.78, 5) is 15.1. The van der Waals surface area contributed by atoms with Crippen LogP contribution in [0.25, 0.3) is 0 Å². The van der Waals surface area contributed by atoms with Crippen LogP contribution in [0, 0.1) is 0 Å². The van der Waals surface area contributed by atoms with Crippen LogP contribution in [-0.2, 0) is 29.3 Å². The fourth-order valence-corrected chi connectivity index (χ4v) is 5.78. The highest BCUT2D eigenvalue weighted by molar-refractivity contribution is 7.92. The minimum Gasteiger partial charge on any atom is -0.308 e. The van der Waals surface area contributed by atoms with Gasteiger partial charge in [-0.25, -0.2) is 8.42 Å². The zero-order valence-electron chi connectivity index (χ0n) is 17.9. The SMILES string of the molecule is O=C(c1ccccc1)N1CCCc2ccc(NS(=O)(=O)c3ccc4c(c3)CCCC4)cc21. The Bertz CT molecular complexity index is 1270. The number of hydrogen-bond donors (Lipinski definition) is 1. The predicted molar refractivity (Wildman–Crippen MR) is 127 cm³/mol. The number of anilines is 2. The fraction of sp³-hybridized carbons (Fsp3) is 0.269. The van der Waals surface area contributed by atoms with Crippen molar-refractivity contribution in [2.24, 2.45) is 0 Å². The van der Waals surface area contributed by atoms with Crippen molar-refractivity contribution in [2.45, 2.75) is 43.4 Å². The first-order valence-electron chi connectivity index (χ1n) is 11.2. The molecule has 3 aromatic rings. The number of hydrogen-bond acceptors (Lipinski definition) is 3. The van der Waals surface area contributed by atoms with Crippen molar-refractivity contribution >= 4 is 27.3 Å². The van der Waals surface area contributed by atoms with Crippen molar-refractivity contribution in [1.82, 2.24) is 0 Å². The summed E-state index contributed by atoms with van der Waals surface area (Å²) in [6.07, 6.45) is 5.94. The second kappa shape index (κ2) is 8.43. The van der Waals surface area contributed by atoms with Crippen LogP contribution in [0.5, 0.6) is 0 Å². The number of carbonyl (C=O) groups is 1. The molecule has 32 heavy (non-hydrogen) atoms. The molecular formula is C26H26N2O3S. The van der Waals surface area contributed by atoms with Crippen LogP contribution in [0.1, 0.15) is 46.3 Å². The van der Waals surface area contributed by atoms with E-state index in [2.05, 4.69) is 4.72 Å². The number of benzene rings is 3. The van der Waals surface area contributed by atoms with Gasteiger partial charge >= 0.3 is 0 Å². The number of carbonyl (C=O) groups excluding carboxylic acids is 1. The van der Waals surface area contributed by atoms with E-state index < -0.39 is 10.0 Å². The van der Waals surface area contributed by atoms with E-state index in [-0.39, 0.29) is 10.8 Å². The number of sulfonamides is 1. The Morgan fingerprint density at radius 2 is 1.50 bits per heavy atom. The zero-order valence-corrected chi connectivity index (χ0v) is 18.7. The molecule has 0 saturated carbocycles. The molecule has 0 saturated heterocycles. The van der Waals surface area contributed by atoms with E-state index in [9.17, 15) is 13.2 Å². The molecule has 1 aliphatic carbocycles. The van der Waals surface area contributed by atoms with Gasteiger partial charge in [-0.3, -0.25) is 9.52 Å². The van der Waals surface area contributed by atoms with E-state index in [0.29, 0.717) is 17.8 Å². The van der Waals surface area contributed by atoms with Gasteiger partial charge in [0.1, 0.15) is 0 Å². The molecule has 164 valence electrons. The Hall–Kier alpha value is -3.12. The number of nitrogens with zero attached hydrogens (tertiary/aromatic N) is 1. The molecule has 0 atom stereocenters. The van der Waals surface area contributed by atoms with Gasteiger partial charge < -0.3 is 4.90 Å². The molecule has 0 aromatic heterocycles. The normalized spacial score (nSPS) is 15.6. The van der Waals surface area contributed by atoms with Gasteiger partial charge in [-0.1, -0.05) is 30.3 Å². The summed E-state index contributed by atoms with van der Waals surface area (Å²) in [5, 5.41) is 0. The molecule has 5 rings (SSSR count). The summed E-state index contributed by atoms with van der Waals surface area (Å²) in [5.41, 5.74) is 5.30. The van der Waals surface area contributed by atoms with E-state index in [4.69, 9.17) is 0 Å². The second-order valence-electron chi connectivity index (χ2n) is 8.51. The average Bonchev–Trinajstić information content (AvgIpc) is 2.83. The van der Waals surface area contributed by atoms with E-state index in [1.165, 1.54) is 5.56 Å². The first-order valence-corrected chi connectivity index (χ1v) is 12.6. The third-order valence-electron chi connectivity index (χ3n) is 6.35. The summed E-state index contributed by atoms with van der Waals surface area (Å²) >= 11 is 0. The lowest BCUT2D eigenvalue weighted by Crippen LogP contribution is -2.35. The summed E-state index contributed by atoms with van der Waals surface area (Å²) in [7, 11) is -3.72. The quantitative estimate of drug-likeness (QED) is 0.616. The van der Waals surface area contributed by atoms with Gasteiger partial charge in [-0.05, 0) is 91.6 Å². The minimum atomic E-state index is -3.72. The van der Waals surface area contributed by atoms with Crippen molar-refractivity contribution in [3.63, 3.8) is 0 Å². The Morgan fingerprint density at radius 1 is 0.781 bits per heavy atom. The number of aryl methyl sites for hydroxylation is 3. The summed E-state index contributed by atoms with van der Waals surface area (Å²) in [5.74, 6) is -0.0683. The molecule has 0 fully saturated rings. The smallest absolute Gasteiger partial charge is 0.261 e. The van der Waals surface area contributed by atoms with Gasteiger partial charge in [0.05, 0.1) is 10.6 Å². The van der Waals surface area contributed by atoms with Gasteiger partial charge in [0.15, 0.2) is 0 Å². The van der Waals surface area contributed by atoms with Crippen molar-refractivity contribution in [3.05, 3.63) is 89.0 Å². The standard InChI is InChI=1S/C26H26N2O3S/c29-26(21-8-2-1-3-9-21)28-16-6-11-20-12-14-23(18-25(20)28)27-32(30,31)24-15-13-19-7-4-5-10-22(19)17-24/h1-3,8-9,12-15,17-18,27H,4-7,10-11,16H2.